The lowest BCUT2D eigenvalue weighted by molar-refractivity contribution is 0.0916. The van der Waals surface area contributed by atoms with Gasteiger partial charge in [-0.3, -0.25) is 9.59 Å². The number of piperidine rings is 1. The van der Waals surface area contributed by atoms with Gasteiger partial charge in [0.2, 0.25) is 11.8 Å². The van der Waals surface area contributed by atoms with E-state index in [2.05, 4.69) is 32.5 Å². The van der Waals surface area contributed by atoms with Gasteiger partial charge in [0.05, 0.1) is 35.1 Å². The summed E-state index contributed by atoms with van der Waals surface area (Å²) in [6.45, 7) is 1.86. The quantitative estimate of drug-likeness (QED) is 0.406. The summed E-state index contributed by atoms with van der Waals surface area (Å²) in [6.07, 6.45) is 4.32. The SMILES string of the molecule is COc1cc(C(=O)NC2CCN(C)CC2)c(Cl)cc1Nc1ncc(N)c(Oc2cccc3c2C(=O)CC3)n1. The molecule has 1 aliphatic heterocycles. The monoisotopic (exact) mass is 536 g/mol. The molecule has 0 spiro atoms. The number of fused-ring (bicyclic) bond motifs is 1. The summed E-state index contributed by atoms with van der Waals surface area (Å²) in [6, 6.07) is 8.74. The van der Waals surface area contributed by atoms with E-state index in [1.165, 1.54) is 13.3 Å². The van der Waals surface area contributed by atoms with E-state index >= 15 is 0 Å². The number of nitrogens with one attached hydrogen (secondary N) is 2. The average molecular weight is 537 g/mol. The van der Waals surface area contributed by atoms with Crippen molar-refractivity contribution in [3.8, 4) is 17.4 Å². The highest BCUT2D eigenvalue weighted by Gasteiger charge is 2.25. The molecule has 0 atom stereocenters. The molecule has 1 aromatic heterocycles. The smallest absolute Gasteiger partial charge is 0.253 e. The number of Topliss-reactive ketones (excluding diaryl/α,β-unsaturated/α-hetero) is 1. The summed E-state index contributed by atoms with van der Waals surface area (Å²) in [5, 5.41) is 6.38. The molecule has 1 saturated heterocycles. The Morgan fingerprint density at radius 3 is 2.74 bits per heavy atom. The Balaban J connectivity index is 1.35. The third kappa shape index (κ3) is 5.36. The predicted molar refractivity (Wildman–Crippen MR) is 145 cm³/mol. The van der Waals surface area contributed by atoms with E-state index in [9.17, 15) is 9.59 Å². The normalized spacial score (nSPS) is 15.7. The maximum atomic E-state index is 12.9. The summed E-state index contributed by atoms with van der Waals surface area (Å²) in [5.41, 5.74) is 8.56. The van der Waals surface area contributed by atoms with Crippen LogP contribution in [-0.2, 0) is 6.42 Å². The number of carbonyl (C=O) groups excluding carboxylic acids is 2. The lowest BCUT2D eigenvalue weighted by Gasteiger charge is -2.29. The summed E-state index contributed by atoms with van der Waals surface area (Å²) in [5.74, 6) is 0.847. The topological polar surface area (TPSA) is 132 Å². The van der Waals surface area contributed by atoms with Crippen LogP contribution in [-0.4, -0.2) is 59.8 Å². The van der Waals surface area contributed by atoms with Crippen LogP contribution < -0.4 is 25.8 Å². The summed E-state index contributed by atoms with van der Waals surface area (Å²) in [7, 11) is 3.57. The molecule has 3 aromatic rings. The second-order valence-electron chi connectivity index (χ2n) is 9.48. The lowest BCUT2D eigenvalue weighted by Crippen LogP contribution is -2.43. The first-order valence-corrected chi connectivity index (χ1v) is 12.8. The van der Waals surface area contributed by atoms with Gasteiger partial charge >= 0.3 is 0 Å². The van der Waals surface area contributed by atoms with Crippen molar-refractivity contribution >= 4 is 40.6 Å². The molecule has 10 nitrogen and oxygen atoms in total. The minimum atomic E-state index is -0.251. The Morgan fingerprint density at radius 1 is 1.18 bits per heavy atom. The summed E-state index contributed by atoms with van der Waals surface area (Å²) < 4.78 is 11.5. The first-order chi connectivity index (χ1) is 18.3. The van der Waals surface area contributed by atoms with Gasteiger partial charge in [0.25, 0.3) is 5.91 Å². The number of amides is 1. The number of aryl methyl sites for hydroxylation is 1. The van der Waals surface area contributed by atoms with Crippen molar-refractivity contribution in [1.29, 1.82) is 0 Å². The van der Waals surface area contributed by atoms with Crippen LogP contribution in [0.1, 0.15) is 45.5 Å². The zero-order valence-corrected chi connectivity index (χ0v) is 22.0. The van der Waals surface area contributed by atoms with Crippen LogP contribution in [0, 0.1) is 0 Å². The zero-order valence-electron chi connectivity index (χ0n) is 21.2. The number of ether oxygens (including phenoxy) is 2. The Morgan fingerprint density at radius 2 is 1.97 bits per heavy atom. The minimum Gasteiger partial charge on any atom is -0.495 e. The number of hydrogen-bond acceptors (Lipinski definition) is 9. The van der Waals surface area contributed by atoms with E-state index in [0.717, 1.165) is 31.5 Å². The van der Waals surface area contributed by atoms with Crippen molar-refractivity contribution in [3.63, 3.8) is 0 Å². The Labute approximate surface area is 225 Å². The molecule has 0 bridgehead atoms. The van der Waals surface area contributed by atoms with Crippen LogP contribution in [0.25, 0.3) is 0 Å². The highest BCUT2D eigenvalue weighted by molar-refractivity contribution is 6.34. The maximum Gasteiger partial charge on any atom is 0.253 e. The van der Waals surface area contributed by atoms with E-state index < -0.39 is 0 Å². The molecule has 2 aromatic carbocycles. The number of ketones is 1. The molecule has 5 rings (SSSR count). The first-order valence-electron chi connectivity index (χ1n) is 12.4. The van der Waals surface area contributed by atoms with E-state index in [0.29, 0.717) is 41.2 Å². The first kappa shape index (κ1) is 25.7. The number of carbonyl (C=O) groups is 2. The van der Waals surface area contributed by atoms with Gasteiger partial charge in [-0.1, -0.05) is 23.7 Å². The molecule has 2 heterocycles. The number of likely N-dealkylation sites (tertiary alicyclic amines) is 1. The number of rotatable bonds is 7. The minimum absolute atomic E-state index is 0.0286. The van der Waals surface area contributed by atoms with Crippen LogP contribution in [0.5, 0.6) is 17.4 Å². The number of anilines is 3. The number of aromatic nitrogens is 2. The van der Waals surface area contributed by atoms with Gasteiger partial charge in [-0.2, -0.15) is 4.98 Å². The van der Waals surface area contributed by atoms with Gasteiger partial charge in [-0.15, -0.1) is 0 Å². The van der Waals surface area contributed by atoms with Gasteiger partial charge < -0.3 is 30.7 Å². The predicted octanol–water partition coefficient (Wildman–Crippen LogP) is 4.21. The van der Waals surface area contributed by atoms with Crippen molar-refractivity contribution < 1.29 is 19.1 Å². The summed E-state index contributed by atoms with van der Waals surface area (Å²) >= 11 is 6.51. The number of hydrogen-bond donors (Lipinski definition) is 3. The van der Waals surface area contributed by atoms with Crippen LogP contribution in [0.15, 0.2) is 36.5 Å². The summed E-state index contributed by atoms with van der Waals surface area (Å²) in [4.78, 5) is 36.2. The average Bonchev–Trinajstić information content (AvgIpc) is 3.29. The molecule has 0 saturated carbocycles. The molecule has 1 amide bonds. The number of benzene rings is 2. The third-order valence-electron chi connectivity index (χ3n) is 6.83. The number of methoxy groups -OCH3 is 1. The molecule has 2 aliphatic rings. The molecule has 38 heavy (non-hydrogen) atoms. The molecule has 4 N–H and O–H groups in total. The van der Waals surface area contributed by atoms with E-state index in [4.69, 9.17) is 26.8 Å². The lowest BCUT2D eigenvalue weighted by atomic mass is 10.0. The van der Waals surface area contributed by atoms with Crippen LogP contribution in [0.2, 0.25) is 5.02 Å². The molecular weight excluding hydrogens is 508 g/mol. The van der Waals surface area contributed by atoms with Crippen LogP contribution in [0.3, 0.4) is 0 Å². The van der Waals surface area contributed by atoms with Gasteiger partial charge in [0, 0.05) is 12.5 Å². The van der Waals surface area contributed by atoms with Crippen molar-refractivity contribution in [2.75, 3.05) is 38.3 Å². The van der Waals surface area contributed by atoms with E-state index in [-0.39, 0.29) is 40.3 Å². The standard InChI is InChI=1S/C27H29ClN6O4/c1-34-10-8-16(9-11-34)31-25(36)17-12-23(37-2)20(13-18(17)28)32-27-30-14-19(29)26(33-27)38-22-5-3-4-15-6-7-21(35)24(15)22/h3-5,12-14,16H,6-11,29H2,1-2H3,(H,31,36)(H,30,32,33). The molecule has 11 heteroatoms. The second-order valence-corrected chi connectivity index (χ2v) is 9.89. The fraction of sp³-hybridized carbons (Fsp3) is 0.333. The number of halogens is 1. The number of nitrogens with zero attached hydrogens (tertiary/aromatic N) is 3. The van der Waals surface area contributed by atoms with Crippen molar-refractivity contribution in [2.45, 2.75) is 31.7 Å². The van der Waals surface area contributed by atoms with Crippen LogP contribution >= 0.6 is 11.6 Å². The van der Waals surface area contributed by atoms with Crippen molar-refractivity contribution in [2.24, 2.45) is 0 Å². The molecular formula is C27H29ClN6O4. The number of nitrogens with two attached hydrogens (primary N) is 1. The van der Waals surface area contributed by atoms with Gasteiger partial charge in [-0.25, -0.2) is 4.98 Å². The fourth-order valence-electron chi connectivity index (χ4n) is 4.71. The Kier molecular flexibility index (Phi) is 7.35. The van der Waals surface area contributed by atoms with Gasteiger partial charge in [0.1, 0.15) is 17.2 Å². The second kappa shape index (κ2) is 10.8. The molecule has 198 valence electrons. The van der Waals surface area contributed by atoms with Gasteiger partial charge in [0.15, 0.2) is 5.78 Å². The van der Waals surface area contributed by atoms with E-state index in [1.807, 2.05) is 12.1 Å². The largest absolute Gasteiger partial charge is 0.495 e. The highest BCUT2D eigenvalue weighted by Crippen LogP contribution is 2.36. The number of nitrogen functional groups attached to an aromatic ring is 1. The van der Waals surface area contributed by atoms with E-state index in [1.54, 1.807) is 18.2 Å². The molecule has 0 radical (unpaired) electrons. The van der Waals surface area contributed by atoms with Gasteiger partial charge in [-0.05, 0) is 63.2 Å². The van der Waals surface area contributed by atoms with Crippen molar-refractivity contribution in [3.05, 3.63) is 58.2 Å². The zero-order chi connectivity index (χ0) is 26.8. The maximum absolute atomic E-state index is 12.9. The van der Waals surface area contributed by atoms with Crippen LogP contribution in [0.4, 0.5) is 17.3 Å². The van der Waals surface area contributed by atoms with Crippen molar-refractivity contribution in [1.82, 2.24) is 20.2 Å². The Hall–Kier alpha value is -3.89. The highest BCUT2D eigenvalue weighted by atomic mass is 35.5. The third-order valence-corrected chi connectivity index (χ3v) is 7.15. The Bertz CT molecular complexity index is 1390. The molecule has 0 unspecified atom stereocenters. The molecule has 1 fully saturated rings. The fourth-order valence-corrected chi connectivity index (χ4v) is 4.96. The molecule has 1 aliphatic carbocycles.